The van der Waals surface area contributed by atoms with Crippen LogP contribution in [0.5, 0.6) is 5.75 Å². The third-order valence-electron chi connectivity index (χ3n) is 4.18. The molecule has 1 amide bonds. The average molecular weight is 343 g/mol. The lowest BCUT2D eigenvalue weighted by molar-refractivity contribution is 0.0944. The summed E-state index contributed by atoms with van der Waals surface area (Å²) in [4.78, 5) is 14.5. The van der Waals surface area contributed by atoms with Crippen LogP contribution in [0, 0.1) is 0 Å². The van der Waals surface area contributed by atoms with Crippen LogP contribution in [0.4, 0.5) is 0 Å². The number of hydrogen-bond acceptors (Lipinski definition) is 5. The topological polar surface area (TPSA) is 82.3 Å². The van der Waals surface area contributed by atoms with Crippen LogP contribution in [0.3, 0.4) is 0 Å². The first-order valence-electron chi connectivity index (χ1n) is 8.55. The number of benzene rings is 1. The van der Waals surface area contributed by atoms with Crippen molar-refractivity contribution in [2.75, 3.05) is 33.8 Å². The molecule has 0 saturated carbocycles. The number of aromatic amines is 1. The molecule has 0 spiro atoms. The van der Waals surface area contributed by atoms with Gasteiger partial charge in [0.1, 0.15) is 12.4 Å². The number of nitrogens with one attached hydrogen (secondary N) is 3. The minimum absolute atomic E-state index is 0.153. The smallest absolute Gasteiger partial charge is 0.272 e. The minimum Gasteiger partial charge on any atom is -0.492 e. The van der Waals surface area contributed by atoms with Gasteiger partial charge in [0.25, 0.3) is 5.91 Å². The van der Waals surface area contributed by atoms with Gasteiger partial charge in [0.05, 0.1) is 0 Å². The van der Waals surface area contributed by atoms with Gasteiger partial charge in [-0.25, -0.2) is 0 Å². The lowest BCUT2D eigenvalue weighted by Crippen LogP contribution is -2.28. The number of likely N-dealkylation sites (N-methyl/N-ethyl adjacent to an activating group) is 1. The molecule has 0 radical (unpaired) electrons. The molecule has 1 aromatic carbocycles. The fourth-order valence-electron chi connectivity index (χ4n) is 2.77. The van der Waals surface area contributed by atoms with E-state index in [1.807, 2.05) is 38.4 Å². The molecule has 0 unspecified atom stereocenters. The van der Waals surface area contributed by atoms with E-state index in [-0.39, 0.29) is 5.91 Å². The van der Waals surface area contributed by atoms with Gasteiger partial charge >= 0.3 is 0 Å². The maximum Gasteiger partial charge on any atom is 0.272 e. The summed E-state index contributed by atoms with van der Waals surface area (Å²) in [6.07, 6.45) is 0.877. The number of aromatic nitrogens is 2. The maximum absolute atomic E-state index is 12.4. The van der Waals surface area contributed by atoms with Crippen LogP contribution in [-0.4, -0.2) is 54.8 Å². The molecule has 7 nitrogen and oxygen atoms in total. The maximum atomic E-state index is 12.4. The van der Waals surface area contributed by atoms with Gasteiger partial charge in [-0.15, -0.1) is 0 Å². The van der Waals surface area contributed by atoms with Crippen LogP contribution in [0.15, 0.2) is 24.3 Å². The van der Waals surface area contributed by atoms with Gasteiger partial charge in [0.15, 0.2) is 5.69 Å². The zero-order valence-corrected chi connectivity index (χ0v) is 14.8. The molecule has 0 bridgehead atoms. The van der Waals surface area contributed by atoms with Crippen molar-refractivity contribution >= 4 is 5.91 Å². The summed E-state index contributed by atoms with van der Waals surface area (Å²) in [6.45, 7) is 3.54. The molecule has 1 aliphatic rings. The number of H-pyrrole nitrogens is 1. The van der Waals surface area contributed by atoms with E-state index in [0.717, 1.165) is 42.1 Å². The second-order valence-electron chi connectivity index (χ2n) is 6.44. The Bertz CT molecular complexity index is 726. The molecule has 0 aliphatic carbocycles. The zero-order chi connectivity index (χ0) is 17.6. The molecule has 1 aliphatic heterocycles. The molecular formula is C18H25N5O2. The second kappa shape index (κ2) is 8.13. The van der Waals surface area contributed by atoms with Gasteiger partial charge in [-0.05, 0) is 31.8 Å². The summed E-state index contributed by atoms with van der Waals surface area (Å²) in [6, 6.07) is 7.79. The molecule has 7 heteroatoms. The van der Waals surface area contributed by atoms with E-state index in [4.69, 9.17) is 4.74 Å². The number of carbonyl (C=O) groups excluding carboxylic acids is 1. The summed E-state index contributed by atoms with van der Waals surface area (Å²) in [5.74, 6) is 0.662. The lowest BCUT2D eigenvalue weighted by Gasteiger charge is -2.13. The van der Waals surface area contributed by atoms with Crippen molar-refractivity contribution in [2.24, 2.45) is 0 Å². The number of ether oxygens (including phenoxy) is 1. The van der Waals surface area contributed by atoms with E-state index in [1.54, 1.807) is 0 Å². The van der Waals surface area contributed by atoms with Crippen LogP contribution in [0.25, 0.3) is 0 Å². The number of fused-ring (bicyclic) bond motifs is 1. The predicted molar refractivity (Wildman–Crippen MR) is 95.7 cm³/mol. The lowest BCUT2D eigenvalue weighted by atomic mass is 10.1. The fourth-order valence-corrected chi connectivity index (χ4v) is 2.77. The van der Waals surface area contributed by atoms with E-state index in [1.165, 1.54) is 0 Å². The summed E-state index contributed by atoms with van der Waals surface area (Å²) < 4.78 is 5.73. The van der Waals surface area contributed by atoms with Crippen molar-refractivity contribution in [1.82, 2.24) is 25.7 Å². The Kier molecular flexibility index (Phi) is 5.67. The van der Waals surface area contributed by atoms with Crippen molar-refractivity contribution < 1.29 is 9.53 Å². The van der Waals surface area contributed by atoms with E-state index < -0.39 is 0 Å². The summed E-state index contributed by atoms with van der Waals surface area (Å²) in [5, 5.41) is 13.4. The molecule has 0 saturated heterocycles. The summed E-state index contributed by atoms with van der Waals surface area (Å²) >= 11 is 0. The molecule has 134 valence electrons. The first-order valence-corrected chi connectivity index (χ1v) is 8.55. The molecule has 2 aromatic rings. The van der Waals surface area contributed by atoms with Crippen molar-refractivity contribution in [1.29, 1.82) is 0 Å². The molecule has 0 atom stereocenters. The number of nitrogens with zero attached hydrogens (tertiary/aromatic N) is 2. The first-order chi connectivity index (χ1) is 12.1. The Morgan fingerprint density at radius 1 is 1.40 bits per heavy atom. The largest absolute Gasteiger partial charge is 0.492 e. The number of amides is 1. The average Bonchev–Trinajstić information content (AvgIpc) is 3.04. The summed E-state index contributed by atoms with van der Waals surface area (Å²) in [7, 11) is 4.03. The zero-order valence-electron chi connectivity index (χ0n) is 14.8. The standard InChI is InChI=1S/C18H25N5O2/c1-23(2)8-9-25-14-5-3-4-13(10-14)11-20-18(24)17-15-12-19-7-6-16(15)21-22-17/h3-5,10,19H,6-9,11-12H2,1-2H3,(H,20,24)(H,21,22). The van der Waals surface area contributed by atoms with E-state index in [2.05, 4.69) is 25.7 Å². The van der Waals surface area contributed by atoms with E-state index in [0.29, 0.717) is 25.4 Å². The Hall–Kier alpha value is -2.38. The molecule has 3 rings (SSSR count). The van der Waals surface area contributed by atoms with Crippen LogP contribution in [0.2, 0.25) is 0 Å². The second-order valence-corrected chi connectivity index (χ2v) is 6.44. The van der Waals surface area contributed by atoms with E-state index in [9.17, 15) is 4.79 Å². The number of carbonyl (C=O) groups is 1. The highest BCUT2D eigenvalue weighted by atomic mass is 16.5. The van der Waals surface area contributed by atoms with Gasteiger partial charge in [-0.1, -0.05) is 12.1 Å². The Morgan fingerprint density at radius 3 is 3.12 bits per heavy atom. The highest BCUT2D eigenvalue weighted by molar-refractivity contribution is 5.94. The van der Waals surface area contributed by atoms with Crippen molar-refractivity contribution in [3.8, 4) is 5.75 Å². The minimum atomic E-state index is -0.153. The van der Waals surface area contributed by atoms with Gasteiger partial charge in [0, 0.05) is 43.9 Å². The van der Waals surface area contributed by atoms with Crippen LogP contribution in [0.1, 0.15) is 27.3 Å². The molecule has 0 fully saturated rings. The highest BCUT2D eigenvalue weighted by Crippen LogP contribution is 2.16. The van der Waals surface area contributed by atoms with Crippen LogP contribution in [-0.2, 0) is 19.5 Å². The fraction of sp³-hybridized carbons (Fsp3) is 0.444. The van der Waals surface area contributed by atoms with Crippen molar-refractivity contribution in [2.45, 2.75) is 19.5 Å². The van der Waals surface area contributed by atoms with Crippen molar-refractivity contribution in [3.05, 3.63) is 46.8 Å². The van der Waals surface area contributed by atoms with Gasteiger partial charge in [0.2, 0.25) is 0 Å². The third-order valence-corrected chi connectivity index (χ3v) is 4.18. The Balaban J connectivity index is 1.56. The molecule has 2 heterocycles. The third kappa shape index (κ3) is 4.58. The first kappa shape index (κ1) is 17.4. The highest BCUT2D eigenvalue weighted by Gasteiger charge is 2.21. The monoisotopic (exact) mass is 343 g/mol. The normalized spacial score (nSPS) is 13.6. The van der Waals surface area contributed by atoms with E-state index >= 15 is 0 Å². The molecule has 25 heavy (non-hydrogen) atoms. The Morgan fingerprint density at radius 2 is 2.28 bits per heavy atom. The van der Waals surface area contributed by atoms with Crippen molar-refractivity contribution in [3.63, 3.8) is 0 Å². The number of rotatable bonds is 7. The molecule has 3 N–H and O–H groups in total. The SMILES string of the molecule is CN(C)CCOc1cccc(CNC(=O)c2n[nH]c3c2CNCC3)c1. The van der Waals surface area contributed by atoms with Crippen LogP contribution < -0.4 is 15.4 Å². The number of hydrogen-bond donors (Lipinski definition) is 3. The molecule has 1 aromatic heterocycles. The molecular weight excluding hydrogens is 318 g/mol. The van der Waals surface area contributed by atoms with Gasteiger partial charge in [-0.2, -0.15) is 5.10 Å². The van der Waals surface area contributed by atoms with Gasteiger partial charge in [-0.3, -0.25) is 9.89 Å². The van der Waals surface area contributed by atoms with Crippen LogP contribution >= 0.6 is 0 Å². The Labute approximate surface area is 147 Å². The van der Waals surface area contributed by atoms with Gasteiger partial charge < -0.3 is 20.3 Å². The quantitative estimate of drug-likeness (QED) is 0.697. The summed E-state index contributed by atoms with van der Waals surface area (Å²) in [5.41, 5.74) is 3.52. The predicted octanol–water partition coefficient (Wildman–Crippen LogP) is 0.926.